The van der Waals surface area contributed by atoms with Crippen LogP contribution >= 0.6 is 11.3 Å². The number of hydrogen-bond donors (Lipinski definition) is 1. The Morgan fingerprint density at radius 1 is 1.56 bits per heavy atom. The lowest BCUT2D eigenvalue weighted by molar-refractivity contribution is 0.205. The van der Waals surface area contributed by atoms with Crippen LogP contribution in [0.25, 0.3) is 0 Å². The van der Waals surface area contributed by atoms with Gasteiger partial charge in [-0.15, -0.1) is 11.3 Å². The first-order valence-electron chi connectivity index (χ1n) is 6.31. The maximum atomic E-state index is 4.67. The molecule has 0 aromatic carbocycles. The average Bonchev–Trinajstić information content (AvgIpc) is 2.60. The molecule has 1 saturated carbocycles. The van der Waals surface area contributed by atoms with Crippen LogP contribution in [0.3, 0.4) is 0 Å². The van der Waals surface area contributed by atoms with Gasteiger partial charge in [0.25, 0.3) is 0 Å². The van der Waals surface area contributed by atoms with Crippen molar-refractivity contribution in [2.45, 2.75) is 52.0 Å². The van der Waals surface area contributed by atoms with E-state index >= 15 is 0 Å². The highest BCUT2D eigenvalue weighted by Crippen LogP contribution is 2.38. The second-order valence-corrected chi connectivity index (χ2v) is 6.02. The fraction of sp³-hybridized carbons (Fsp3) is 0.769. The first kappa shape index (κ1) is 12.1. The summed E-state index contributed by atoms with van der Waals surface area (Å²) < 4.78 is 0. The molecule has 1 fully saturated rings. The van der Waals surface area contributed by atoms with Crippen LogP contribution in [-0.2, 0) is 5.54 Å². The SMILES string of the molecule is CCNC(C)(CC1CCC1)c1nc(C)cs1. The lowest BCUT2D eigenvalue weighted by Crippen LogP contribution is -2.42. The van der Waals surface area contributed by atoms with Gasteiger partial charge in [-0.25, -0.2) is 4.98 Å². The molecule has 1 aromatic rings. The van der Waals surface area contributed by atoms with Crippen LogP contribution in [0.4, 0.5) is 0 Å². The molecule has 0 saturated heterocycles. The molecule has 3 heteroatoms. The van der Waals surface area contributed by atoms with Gasteiger partial charge in [-0.05, 0) is 32.7 Å². The smallest absolute Gasteiger partial charge is 0.113 e. The Hall–Kier alpha value is -0.410. The Morgan fingerprint density at radius 3 is 2.75 bits per heavy atom. The van der Waals surface area contributed by atoms with E-state index < -0.39 is 0 Å². The summed E-state index contributed by atoms with van der Waals surface area (Å²) >= 11 is 1.80. The van der Waals surface area contributed by atoms with Gasteiger partial charge in [-0.3, -0.25) is 0 Å². The first-order chi connectivity index (χ1) is 7.64. The largest absolute Gasteiger partial charge is 0.306 e. The van der Waals surface area contributed by atoms with Gasteiger partial charge in [0.05, 0.1) is 5.54 Å². The molecule has 90 valence electrons. The third-order valence-corrected chi connectivity index (χ3v) is 4.80. The Labute approximate surface area is 102 Å². The molecule has 0 bridgehead atoms. The van der Waals surface area contributed by atoms with E-state index in [9.17, 15) is 0 Å². The summed E-state index contributed by atoms with van der Waals surface area (Å²) in [6.45, 7) is 7.59. The normalized spacial score (nSPS) is 20.4. The van der Waals surface area contributed by atoms with Crippen LogP contribution in [0, 0.1) is 12.8 Å². The van der Waals surface area contributed by atoms with Gasteiger partial charge in [0, 0.05) is 11.1 Å². The van der Waals surface area contributed by atoms with Crippen LogP contribution in [-0.4, -0.2) is 11.5 Å². The minimum atomic E-state index is 0.0960. The maximum Gasteiger partial charge on any atom is 0.113 e. The van der Waals surface area contributed by atoms with Crippen molar-refractivity contribution >= 4 is 11.3 Å². The summed E-state index contributed by atoms with van der Waals surface area (Å²) in [6.07, 6.45) is 5.48. The minimum Gasteiger partial charge on any atom is -0.306 e. The lowest BCUT2D eigenvalue weighted by Gasteiger charge is -2.36. The van der Waals surface area contributed by atoms with Crippen LogP contribution < -0.4 is 5.32 Å². The number of thiazole rings is 1. The zero-order valence-corrected chi connectivity index (χ0v) is 11.4. The molecular formula is C13H22N2S. The van der Waals surface area contributed by atoms with Gasteiger partial charge in [-0.1, -0.05) is 26.2 Å². The van der Waals surface area contributed by atoms with E-state index in [-0.39, 0.29) is 5.54 Å². The second kappa shape index (κ2) is 4.84. The van der Waals surface area contributed by atoms with Crippen molar-refractivity contribution in [2.75, 3.05) is 6.54 Å². The molecule has 0 radical (unpaired) electrons. The van der Waals surface area contributed by atoms with E-state index in [0.29, 0.717) is 0 Å². The number of nitrogens with one attached hydrogen (secondary N) is 1. The minimum absolute atomic E-state index is 0.0960. The number of nitrogens with zero attached hydrogens (tertiary/aromatic N) is 1. The van der Waals surface area contributed by atoms with E-state index in [1.54, 1.807) is 11.3 Å². The van der Waals surface area contributed by atoms with E-state index in [1.807, 2.05) is 0 Å². The van der Waals surface area contributed by atoms with Crippen molar-refractivity contribution in [1.29, 1.82) is 0 Å². The molecule has 1 aromatic heterocycles. The molecule has 1 aliphatic rings. The van der Waals surface area contributed by atoms with Crippen molar-refractivity contribution in [1.82, 2.24) is 10.3 Å². The summed E-state index contributed by atoms with van der Waals surface area (Å²) in [5, 5.41) is 7.06. The van der Waals surface area contributed by atoms with Crippen molar-refractivity contribution < 1.29 is 0 Å². The number of aromatic nitrogens is 1. The van der Waals surface area contributed by atoms with Gasteiger partial charge < -0.3 is 5.32 Å². The van der Waals surface area contributed by atoms with Gasteiger partial charge in [0.1, 0.15) is 5.01 Å². The number of aryl methyl sites for hydroxylation is 1. The first-order valence-corrected chi connectivity index (χ1v) is 7.19. The van der Waals surface area contributed by atoms with Gasteiger partial charge in [0.15, 0.2) is 0 Å². The van der Waals surface area contributed by atoms with Crippen LogP contribution in [0.2, 0.25) is 0 Å². The molecule has 16 heavy (non-hydrogen) atoms. The monoisotopic (exact) mass is 238 g/mol. The zero-order valence-electron chi connectivity index (χ0n) is 10.5. The van der Waals surface area contributed by atoms with E-state index in [4.69, 9.17) is 0 Å². The predicted molar refractivity (Wildman–Crippen MR) is 69.8 cm³/mol. The molecule has 0 spiro atoms. The topological polar surface area (TPSA) is 24.9 Å². The highest BCUT2D eigenvalue weighted by Gasteiger charge is 2.33. The molecule has 1 aliphatic carbocycles. The fourth-order valence-electron chi connectivity index (χ4n) is 2.51. The highest BCUT2D eigenvalue weighted by atomic mass is 32.1. The Balaban J connectivity index is 2.12. The van der Waals surface area contributed by atoms with E-state index in [0.717, 1.165) is 18.2 Å². The fourth-order valence-corrected chi connectivity index (χ4v) is 3.45. The summed E-state index contributed by atoms with van der Waals surface area (Å²) in [5.74, 6) is 0.910. The van der Waals surface area contributed by atoms with Crippen molar-refractivity contribution in [2.24, 2.45) is 5.92 Å². The second-order valence-electron chi connectivity index (χ2n) is 5.16. The van der Waals surface area contributed by atoms with E-state index in [2.05, 4.69) is 36.5 Å². The Kier molecular flexibility index (Phi) is 3.65. The Bertz CT molecular complexity index is 343. The summed E-state index contributed by atoms with van der Waals surface area (Å²) in [6, 6.07) is 0. The summed E-state index contributed by atoms with van der Waals surface area (Å²) in [4.78, 5) is 4.67. The summed E-state index contributed by atoms with van der Waals surface area (Å²) in [7, 11) is 0. The van der Waals surface area contributed by atoms with Crippen molar-refractivity contribution in [3.05, 3.63) is 16.1 Å². The summed E-state index contributed by atoms with van der Waals surface area (Å²) in [5.41, 5.74) is 1.25. The molecule has 1 atom stereocenters. The maximum absolute atomic E-state index is 4.67. The quantitative estimate of drug-likeness (QED) is 0.849. The number of hydrogen-bond acceptors (Lipinski definition) is 3. The standard InChI is InChI=1S/C13H22N2S/c1-4-14-13(3,8-11-6-5-7-11)12-15-10(2)9-16-12/h9,11,14H,4-8H2,1-3H3. The van der Waals surface area contributed by atoms with Gasteiger partial charge in [-0.2, -0.15) is 0 Å². The van der Waals surface area contributed by atoms with Crippen LogP contribution in [0.15, 0.2) is 5.38 Å². The molecule has 0 aliphatic heterocycles. The molecule has 2 rings (SSSR count). The molecule has 1 unspecified atom stereocenters. The molecule has 2 nitrogen and oxygen atoms in total. The average molecular weight is 238 g/mol. The van der Waals surface area contributed by atoms with Crippen LogP contribution in [0.1, 0.15) is 50.2 Å². The molecule has 1 heterocycles. The van der Waals surface area contributed by atoms with Crippen molar-refractivity contribution in [3.8, 4) is 0 Å². The molecule has 0 amide bonds. The van der Waals surface area contributed by atoms with E-state index in [1.165, 1.54) is 30.7 Å². The van der Waals surface area contributed by atoms with Crippen molar-refractivity contribution in [3.63, 3.8) is 0 Å². The third kappa shape index (κ3) is 2.46. The predicted octanol–water partition coefficient (Wildman–Crippen LogP) is 3.47. The third-order valence-electron chi connectivity index (χ3n) is 3.58. The molecule has 1 N–H and O–H groups in total. The highest BCUT2D eigenvalue weighted by molar-refractivity contribution is 7.09. The van der Waals surface area contributed by atoms with Crippen LogP contribution in [0.5, 0.6) is 0 Å². The van der Waals surface area contributed by atoms with Gasteiger partial charge >= 0.3 is 0 Å². The number of rotatable bonds is 5. The zero-order chi connectivity index (χ0) is 11.6. The molecular weight excluding hydrogens is 216 g/mol. The lowest BCUT2D eigenvalue weighted by atomic mass is 9.76. The Morgan fingerprint density at radius 2 is 2.31 bits per heavy atom. The van der Waals surface area contributed by atoms with Gasteiger partial charge in [0.2, 0.25) is 0 Å².